The molecule has 17 heavy (non-hydrogen) atoms. The number of aliphatic hydroxyl groups is 2. The number of nitrogens with two attached hydrogens (primary N) is 2. The van der Waals surface area contributed by atoms with Gasteiger partial charge in [-0.05, 0) is 0 Å². The highest BCUT2D eigenvalue weighted by atomic mass is 32.1. The molecule has 1 fully saturated rings. The fourth-order valence-electron chi connectivity index (χ4n) is 1.67. The summed E-state index contributed by atoms with van der Waals surface area (Å²) in [6.45, 7) is 0.399. The lowest BCUT2D eigenvalue weighted by Gasteiger charge is -2.37. The molecular weight excluding hydrogens is 246 g/mol. The maximum absolute atomic E-state index is 9.88. The number of nitrogen functional groups attached to an aromatic ring is 1. The van der Waals surface area contributed by atoms with Crippen LogP contribution in [0.5, 0.6) is 0 Å². The second-order valence-electron chi connectivity index (χ2n) is 3.80. The Labute approximate surface area is 102 Å². The molecule has 96 valence electrons. The first-order valence-corrected chi connectivity index (χ1v) is 5.92. The van der Waals surface area contributed by atoms with Crippen molar-refractivity contribution in [2.45, 2.75) is 24.4 Å². The van der Waals surface area contributed by atoms with Crippen molar-refractivity contribution in [1.29, 1.82) is 0 Å². The summed E-state index contributed by atoms with van der Waals surface area (Å²) in [4.78, 5) is 3.90. The lowest BCUT2D eigenvalue weighted by atomic mass is 9.98. The third-order valence-electron chi connectivity index (χ3n) is 2.62. The quantitative estimate of drug-likeness (QED) is 0.420. The van der Waals surface area contributed by atoms with E-state index in [1.165, 1.54) is 0 Å². The van der Waals surface area contributed by atoms with E-state index in [0.717, 1.165) is 11.5 Å². The first-order valence-electron chi connectivity index (χ1n) is 5.15. The molecule has 0 radical (unpaired) electrons. The van der Waals surface area contributed by atoms with Crippen molar-refractivity contribution < 1.29 is 14.9 Å². The molecule has 2 rings (SSSR count). The van der Waals surface area contributed by atoms with Crippen LogP contribution in [-0.2, 0) is 4.74 Å². The van der Waals surface area contributed by atoms with Crippen LogP contribution in [0, 0.1) is 0 Å². The Morgan fingerprint density at radius 2 is 2.24 bits per heavy atom. The maximum atomic E-state index is 9.88. The van der Waals surface area contributed by atoms with Crippen molar-refractivity contribution in [2.24, 2.45) is 5.73 Å². The number of aromatic nitrogens is 2. The van der Waals surface area contributed by atoms with E-state index in [-0.39, 0.29) is 19.1 Å². The van der Waals surface area contributed by atoms with E-state index in [0.29, 0.717) is 5.13 Å². The van der Waals surface area contributed by atoms with Gasteiger partial charge in [0.1, 0.15) is 12.2 Å². The molecule has 0 aromatic carbocycles. The van der Waals surface area contributed by atoms with E-state index in [2.05, 4.69) is 14.7 Å². The Hall–Kier alpha value is -1.00. The fraction of sp³-hybridized carbons (Fsp3) is 0.750. The molecule has 0 aliphatic carbocycles. The summed E-state index contributed by atoms with van der Waals surface area (Å²) in [5.41, 5.74) is 10.8. The predicted molar refractivity (Wildman–Crippen MR) is 62.5 cm³/mol. The van der Waals surface area contributed by atoms with Crippen molar-refractivity contribution in [2.75, 3.05) is 24.2 Å². The molecule has 1 aromatic rings. The molecule has 0 saturated carbocycles. The van der Waals surface area contributed by atoms with E-state index >= 15 is 0 Å². The topological polar surface area (TPSA) is 140 Å². The van der Waals surface area contributed by atoms with Crippen LogP contribution in [0.3, 0.4) is 0 Å². The minimum atomic E-state index is -1.02. The molecule has 2 heterocycles. The lowest BCUT2D eigenvalue weighted by molar-refractivity contribution is -0.136. The van der Waals surface area contributed by atoms with Crippen molar-refractivity contribution in [3.05, 3.63) is 0 Å². The highest BCUT2D eigenvalue weighted by Crippen LogP contribution is 2.20. The van der Waals surface area contributed by atoms with Crippen molar-refractivity contribution >= 4 is 22.6 Å². The first-order chi connectivity index (χ1) is 8.11. The molecule has 0 bridgehead atoms. The van der Waals surface area contributed by atoms with Crippen LogP contribution in [-0.4, -0.2) is 57.1 Å². The van der Waals surface area contributed by atoms with Gasteiger partial charge in [-0.3, -0.25) is 0 Å². The third-order valence-corrected chi connectivity index (χ3v) is 3.28. The monoisotopic (exact) mass is 261 g/mol. The Bertz CT molecular complexity index is 376. The van der Waals surface area contributed by atoms with Gasteiger partial charge >= 0.3 is 0 Å². The molecule has 1 saturated heterocycles. The molecule has 8 nitrogen and oxygen atoms in total. The molecule has 0 unspecified atom stereocenters. The maximum Gasteiger partial charge on any atom is 0.233 e. The van der Waals surface area contributed by atoms with E-state index in [1.54, 1.807) is 0 Å². The molecule has 9 heteroatoms. The van der Waals surface area contributed by atoms with E-state index in [4.69, 9.17) is 16.2 Å². The smallest absolute Gasteiger partial charge is 0.233 e. The second kappa shape index (κ2) is 5.10. The van der Waals surface area contributed by atoms with Crippen molar-refractivity contribution in [3.8, 4) is 0 Å². The van der Waals surface area contributed by atoms with Crippen LogP contribution in [0.4, 0.5) is 11.1 Å². The van der Waals surface area contributed by atoms with Gasteiger partial charge in [-0.15, -0.1) is 0 Å². The predicted octanol–water partition coefficient (Wildman–Crippen LogP) is -2.02. The molecule has 0 spiro atoms. The molecule has 4 atom stereocenters. The molecular formula is C8H15N5O3S. The minimum absolute atomic E-state index is 0.163. The Morgan fingerprint density at radius 1 is 1.47 bits per heavy atom. The second-order valence-corrected chi connectivity index (χ2v) is 4.55. The van der Waals surface area contributed by atoms with E-state index in [9.17, 15) is 10.2 Å². The third kappa shape index (κ3) is 2.64. The van der Waals surface area contributed by atoms with Gasteiger partial charge in [0.2, 0.25) is 11.1 Å². The highest BCUT2D eigenvalue weighted by molar-refractivity contribution is 7.09. The molecule has 0 amide bonds. The lowest BCUT2D eigenvalue weighted by Crippen LogP contribution is -2.57. The summed E-state index contributed by atoms with van der Waals surface area (Å²) >= 11 is 1.08. The standard InChI is InChI=1S/C8H15N5O3S/c9-1-4-6(15)5(14)3(2-16-4)11-8-12-7(10)13-17-8/h3-6,14-15H,1-2,9H2,(H3,10,11,12,13)/t3-,4+,5+,6-/m0/s1. The molecule has 1 aromatic heterocycles. The van der Waals surface area contributed by atoms with Crippen LogP contribution in [0.15, 0.2) is 0 Å². The van der Waals surface area contributed by atoms with Gasteiger partial charge in [0.15, 0.2) is 0 Å². The molecule has 7 N–H and O–H groups in total. The molecule has 1 aliphatic heterocycles. The van der Waals surface area contributed by atoms with Gasteiger partial charge in [-0.25, -0.2) is 0 Å². The SMILES string of the molecule is NC[C@H]1OC[C@H](Nc2nc(N)ns2)[C@@H](O)[C@H]1O. The summed E-state index contributed by atoms with van der Waals surface area (Å²) in [7, 11) is 0. The van der Waals surface area contributed by atoms with Gasteiger partial charge < -0.3 is 31.7 Å². The van der Waals surface area contributed by atoms with Gasteiger partial charge in [0.25, 0.3) is 0 Å². The zero-order valence-electron chi connectivity index (χ0n) is 8.98. The Kier molecular flexibility index (Phi) is 3.74. The van der Waals surface area contributed by atoms with Gasteiger partial charge in [0, 0.05) is 18.1 Å². The summed E-state index contributed by atoms with van der Waals surface area (Å²) in [5, 5.41) is 23.0. The fourth-order valence-corrected chi connectivity index (χ4v) is 2.23. The number of hydrogen-bond donors (Lipinski definition) is 5. The average Bonchev–Trinajstić information content (AvgIpc) is 2.71. The Morgan fingerprint density at radius 3 is 2.82 bits per heavy atom. The van der Waals surface area contributed by atoms with Crippen molar-refractivity contribution in [1.82, 2.24) is 9.36 Å². The number of ether oxygens (including phenoxy) is 1. The number of anilines is 2. The van der Waals surface area contributed by atoms with Crippen LogP contribution >= 0.6 is 11.5 Å². The summed E-state index contributed by atoms with van der Waals surface area (Å²) in [6, 6.07) is -0.458. The van der Waals surface area contributed by atoms with Crippen molar-refractivity contribution in [3.63, 3.8) is 0 Å². The van der Waals surface area contributed by atoms with Crippen LogP contribution in [0.1, 0.15) is 0 Å². The summed E-state index contributed by atoms with van der Waals surface area (Å²) in [5.74, 6) is 0.170. The van der Waals surface area contributed by atoms with Crippen LogP contribution < -0.4 is 16.8 Å². The van der Waals surface area contributed by atoms with E-state index in [1.807, 2.05) is 0 Å². The summed E-state index contributed by atoms with van der Waals surface area (Å²) < 4.78 is 9.13. The van der Waals surface area contributed by atoms with Crippen LogP contribution in [0.25, 0.3) is 0 Å². The number of rotatable bonds is 3. The minimum Gasteiger partial charge on any atom is -0.388 e. The zero-order valence-corrected chi connectivity index (χ0v) is 9.80. The zero-order chi connectivity index (χ0) is 12.4. The normalized spacial score (nSPS) is 33.6. The number of nitrogens with one attached hydrogen (secondary N) is 1. The first kappa shape index (κ1) is 12.5. The van der Waals surface area contributed by atoms with E-state index < -0.39 is 24.4 Å². The van der Waals surface area contributed by atoms with Gasteiger partial charge in [-0.1, -0.05) is 0 Å². The highest BCUT2D eigenvalue weighted by Gasteiger charge is 2.37. The van der Waals surface area contributed by atoms with Gasteiger partial charge in [0.05, 0.1) is 18.8 Å². The van der Waals surface area contributed by atoms with Gasteiger partial charge in [-0.2, -0.15) is 9.36 Å². The number of nitrogens with zero attached hydrogens (tertiary/aromatic N) is 2. The van der Waals surface area contributed by atoms with Crippen LogP contribution in [0.2, 0.25) is 0 Å². The average molecular weight is 261 g/mol. The number of aliphatic hydroxyl groups excluding tert-OH is 2. The number of hydrogen-bond acceptors (Lipinski definition) is 9. The Balaban J connectivity index is 1.98. The summed E-state index contributed by atoms with van der Waals surface area (Å²) in [6.07, 6.45) is -2.53. The largest absolute Gasteiger partial charge is 0.388 e. The molecule has 1 aliphatic rings.